The minimum Gasteiger partial charge on any atom is -0.614 e. The van der Waals surface area contributed by atoms with E-state index < -0.39 is 6.09 Å². The molecule has 0 saturated carbocycles. The highest BCUT2D eigenvalue weighted by Gasteiger charge is 2.12. The van der Waals surface area contributed by atoms with Crippen molar-refractivity contribution in [2.24, 2.45) is 0 Å². The van der Waals surface area contributed by atoms with E-state index in [1.165, 1.54) is 13.3 Å². The van der Waals surface area contributed by atoms with Crippen LogP contribution in [0, 0.1) is 5.21 Å². The number of ether oxygens (including phenoxy) is 2. The maximum Gasteiger partial charge on any atom is 0.608 e. The Kier molecular flexibility index (Phi) is 8.33. The molecule has 6 nitrogen and oxygen atoms in total. The van der Waals surface area contributed by atoms with E-state index in [0.717, 1.165) is 18.4 Å². The van der Waals surface area contributed by atoms with Gasteiger partial charge in [-0.15, -0.1) is 4.74 Å². The number of hydrogen-bond acceptors (Lipinski definition) is 5. The summed E-state index contributed by atoms with van der Waals surface area (Å²) in [7, 11) is 1.35. The molecule has 1 aromatic rings. The molecule has 0 radical (unpaired) electrons. The van der Waals surface area contributed by atoms with E-state index >= 15 is 0 Å². The Morgan fingerprint density at radius 3 is 2.59 bits per heavy atom. The lowest BCUT2D eigenvalue weighted by atomic mass is 10.1. The van der Waals surface area contributed by atoms with Crippen LogP contribution in [-0.2, 0) is 20.9 Å². The number of benzene rings is 1. The first-order valence-electron chi connectivity index (χ1n) is 7.20. The second-order valence-electron chi connectivity index (χ2n) is 4.72. The molecule has 0 fully saturated rings. The van der Waals surface area contributed by atoms with Crippen LogP contribution in [0.4, 0.5) is 4.79 Å². The van der Waals surface area contributed by atoms with E-state index in [4.69, 9.17) is 4.74 Å². The molecule has 0 atom stereocenters. The van der Waals surface area contributed by atoms with Gasteiger partial charge in [0.2, 0.25) is 0 Å². The lowest BCUT2D eigenvalue weighted by Crippen LogP contribution is -2.17. The number of carbonyl (C=O) groups excluding carboxylic acids is 2. The molecule has 0 unspecified atom stereocenters. The maximum absolute atomic E-state index is 11.5. The molecular weight excluding hydrogens is 286 g/mol. The van der Waals surface area contributed by atoms with E-state index in [1.54, 1.807) is 0 Å². The number of nitrogens with zero attached hydrogens (tertiary/aromatic N) is 1. The number of unbranched alkanes of at least 4 members (excludes halogenated alkanes) is 3. The predicted octanol–water partition coefficient (Wildman–Crippen LogP) is 3.03. The third kappa shape index (κ3) is 7.42. The fourth-order valence-electron chi connectivity index (χ4n) is 1.76. The van der Waals surface area contributed by atoms with Gasteiger partial charge in [0.05, 0.1) is 7.11 Å². The Labute approximate surface area is 129 Å². The van der Waals surface area contributed by atoms with Gasteiger partial charge in [0.25, 0.3) is 0 Å². The van der Waals surface area contributed by atoms with Gasteiger partial charge in [0.15, 0.2) is 6.21 Å². The number of carbonyl (C=O) groups is 2. The van der Waals surface area contributed by atoms with E-state index in [-0.39, 0.29) is 17.3 Å². The monoisotopic (exact) mass is 307 g/mol. The van der Waals surface area contributed by atoms with Crippen LogP contribution in [0.1, 0.15) is 37.7 Å². The summed E-state index contributed by atoms with van der Waals surface area (Å²) in [4.78, 5) is 22.3. The molecule has 1 aromatic carbocycles. The third-order valence-corrected chi connectivity index (χ3v) is 2.99. The highest BCUT2D eigenvalue weighted by Crippen LogP contribution is 2.04. The van der Waals surface area contributed by atoms with Gasteiger partial charge in [0, 0.05) is 12.8 Å². The standard InChI is InChI=1S/C16H21NO5/c1-21-15(18)11-7-2-3-8-12-17(20)16(19)22-13-14-9-5-4-6-10-14/h4-6,9-10,12H,2-3,7-8,11,13H2,1H3/b17-12-. The van der Waals surface area contributed by atoms with E-state index in [2.05, 4.69) is 4.74 Å². The van der Waals surface area contributed by atoms with Crippen LogP contribution in [0.25, 0.3) is 0 Å². The zero-order chi connectivity index (χ0) is 16.2. The van der Waals surface area contributed by atoms with Gasteiger partial charge < -0.3 is 14.7 Å². The molecular formula is C16H21NO5. The molecule has 0 aliphatic rings. The Morgan fingerprint density at radius 2 is 1.91 bits per heavy atom. The summed E-state index contributed by atoms with van der Waals surface area (Å²) >= 11 is 0. The first-order valence-corrected chi connectivity index (χ1v) is 7.20. The van der Waals surface area contributed by atoms with E-state index in [1.807, 2.05) is 30.3 Å². The highest BCUT2D eigenvalue weighted by atomic mass is 16.6. The number of hydrogen-bond donors (Lipinski definition) is 0. The summed E-state index contributed by atoms with van der Waals surface area (Å²) < 4.78 is 9.63. The number of esters is 1. The Bertz CT molecular complexity index is 499. The minimum atomic E-state index is -0.918. The van der Waals surface area contributed by atoms with Crippen molar-refractivity contribution in [1.82, 2.24) is 0 Å². The highest BCUT2D eigenvalue weighted by molar-refractivity contribution is 5.69. The van der Waals surface area contributed by atoms with Crippen molar-refractivity contribution >= 4 is 18.3 Å². The van der Waals surface area contributed by atoms with Crippen LogP contribution in [0.3, 0.4) is 0 Å². The van der Waals surface area contributed by atoms with Crippen molar-refractivity contribution in [2.75, 3.05) is 7.11 Å². The van der Waals surface area contributed by atoms with Crippen molar-refractivity contribution < 1.29 is 23.8 Å². The predicted molar refractivity (Wildman–Crippen MR) is 81.4 cm³/mol. The molecule has 0 bridgehead atoms. The first-order chi connectivity index (χ1) is 10.6. The molecule has 0 heterocycles. The Hall–Kier alpha value is -2.37. The van der Waals surface area contributed by atoms with Crippen molar-refractivity contribution in [3.8, 4) is 0 Å². The second kappa shape index (κ2) is 10.4. The summed E-state index contributed by atoms with van der Waals surface area (Å²) in [5.74, 6) is -0.237. The van der Waals surface area contributed by atoms with Crippen molar-refractivity contribution in [2.45, 2.75) is 38.7 Å². The molecule has 0 N–H and O–H groups in total. The van der Waals surface area contributed by atoms with Crippen LogP contribution in [0.5, 0.6) is 0 Å². The minimum absolute atomic E-state index is 0.0748. The Morgan fingerprint density at radius 1 is 1.18 bits per heavy atom. The Balaban J connectivity index is 2.18. The van der Waals surface area contributed by atoms with Crippen LogP contribution >= 0.6 is 0 Å². The number of methoxy groups -OCH3 is 1. The summed E-state index contributed by atoms with van der Waals surface area (Å²) in [5, 5.41) is 11.5. The summed E-state index contributed by atoms with van der Waals surface area (Å²) in [6.07, 6.45) is 3.39. The van der Waals surface area contributed by atoms with Crippen molar-refractivity contribution in [3.05, 3.63) is 41.1 Å². The first kappa shape index (κ1) is 17.7. The van der Waals surface area contributed by atoms with Crippen molar-refractivity contribution in [3.63, 3.8) is 0 Å². The molecule has 0 aromatic heterocycles. The van der Waals surface area contributed by atoms with Crippen LogP contribution in [0.15, 0.2) is 30.3 Å². The number of rotatable bonds is 8. The zero-order valence-electron chi connectivity index (χ0n) is 12.7. The molecule has 0 saturated heterocycles. The number of amides is 1. The largest absolute Gasteiger partial charge is 0.614 e. The third-order valence-electron chi connectivity index (χ3n) is 2.99. The number of hydroxylamine groups is 1. The molecule has 1 amide bonds. The molecule has 0 spiro atoms. The lowest BCUT2D eigenvalue weighted by Gasteiger charge is -2.03. The van der Waals surface area contributed by atoms with E-state index in [0.29, 0.717) is 19.3 Å². The zero-order valence-corrected chi connectivity index (χ0v) is 12.7. The van der Waals surface area contributed by atoms with Gasteiger partial charge in [-0.1, -0.05) is 36.8 Å². The fraction of sp³-hybridized carbons (Fsp3) is 0.438. The van der Waals surface area contributed by atoms with Gasteiger partial charge in [-0.2, -0.15) is 4.79 Å². The fourth-order valence-corrected chi connectivity index (χ4v) is 1.76. The quantitative estimate of drug-likeness (QED) is 0.184. The summed E-state index contributed by atoms with van der Waals surface area (Å²) in [5.41, 5.74) is 0.826. The molecule has 120 valence electrons. The molecule has 0 aliphatic heterocycles. The summed E-state index contributed by atoms with van der Waals surface area (Å²) in [6, 6.07) is 9.15. The van der Waals surface area contributed by atoms with Gasteiger partial charge in [-0.05, 0) is 18.4 Å². The summed E-state index contributed by atoms with van der Waals surface area (Å²) in [6.45, 7) is 0.0748. The van der Waals surface area contributed by atoms with Crippen molar-refractivity contribution in [1.29, 1.82) is 0 Å². The lowest BCUT2D eigenvalue weighted by molar-refractivity contribution is -0.371. The van der Waals surface area contributed by atoms with Crippen LogP contribution in [-0.4, -0.2) is 30.1 Å². The molecule has 0 aliphatic carbocycles. The maximum atomic E-state index is 11.5. The smallest absolute Gasteiger partial charge is 0.608 e. The van der Waals surface area contributed by atoms with Crippen LogP contribution in [0.2, 0.25) is 0 Å². The topological polar surface area (TPSA) is 78.7 Å². The molecule has 6 heteroatoms. The van der Waals surface area contributed by atoms with E-state index in [9.17, 15) is 14.8 Å². The van der Waals surface area contributed by atoms with Crippen LogP contribution < -0.4 is 0 Å². The second-order valence-corrected chi connectivity index (χ2v) is 4.72. The van der Waals surface area contributed by atoms with Gasteiger partial charge >= 0.3 is 12.1 Å². The average molecular weight is 307 g/mol. The SMILES string of the molecule is COC(=O)CCCCC/C=[N+](\[O-])C(=O)OCc1ccccc1. The molecule has 22 heavy (non-hydrogen) atoms. The molecule has 1 rings (SSSR count). The normalized spacial score (nSPS) is 11.0. The van der Waals surface area contributed by atoms with Gasteiger partial charge in [0.1, 0.15) is 6.61 Å². The van der Waals surface area contributed by atoms with Gasteiger partial charge in [-0.25, -0.2) is 0 Å². The van der Waals surface area contributed by atoms with Gasteiger partial charge in [-0.3, -0.25) is 4.79 Å². The average Bonchev–Trinajstić information content (AvgIpc) is 2.56.